The van der Waals surface area contributed by atoms with Crippen molar-refractivity contribution in [3.05, 3.63) is 76.0 Å². The average Bonchev–Trinajstić information content (AvgIpc) is 3.19. The summed E-state index contributed by atoms with van der Waals surface area (Å²) in [4.78, 5) is 26.0. The van der Waals surface area contributed by atoms with Crippen LogP contribution < -0.4 is 14.9 Å². The fourth-order valence-corrected chi connectivity index (χ4v) is 6.53. The third kappa shape index (κ3) is 8.19. The lowest BCUT2D eigenvalue weighted by molar-refractivity contribution is -0.342. The third-order valence-electron chi connectivity index (χ3n) is 9.59. The number of phenolic OH excluding ortho intramolecular Hbond substituents is 4. The zero-order chi connectivity index (χ0) is 41.3. The summed E-state index contributed by atoms with van der Waals surface area (Å²) in [6.07, 6.45) is -16.2. The Bertz CT molecular complexity index is 2180. The van der Waals surface area contributed by atoms with Crippen LogP contribution in [0, 0.1) is 0 Å². The average molecular weight is 801 g/mol. The van der Waals surface area contributed by atoms with Crippen LogP contribution in [-0.2, 0) is 23.7 Å². The summed E-state index contributed by atoms with van der Waals surface area (Å²) < 4.78 is 38.4. The molecule has 0 amide bonds. The van der Waals surface area contributed by atoms with Crippen molar-refractivity contribution in [1.29, 1.82) is 0 Å². The number of methoxy groups -OCH3 is 2. The molecule has 0 radical (unpaired) electrons. The van der Waals surface area contributed by atoms with E-state index in [0.29, 0.717) is 5.56 Å². The van der Waals surface area contributed by atoms with Crippen LogP contribution in [-0.4, -0.2) is 140 Å². The predicted molar refractivity (Wildman–Crippen MR) is 192 cm³/mol. The first-order chi connectivity index (χ1) is 27.2. The van der Waals surface area contributed by atoms with Crippen molar-refractivity contribution in [1.82, 2.24) is 0 Å². The molecule has 19 heteroatoms. The minimum absolute atomic E-state index is 0.0372. The molecule has 10 atom stereocenters. The van der Waals surface area contributed by atoms with Crippen LogP contribution in [0.15, 0.2) is 63.8 Å². The van der Waals surface area contributed by atoms with Gasteiger partial charge in [0.25, 0.3) is 0 Å². The summed E-state index contributed by atoms with van der Waals surface area (Å²) in [6, 6.07) is 10.4. The lowest BCUT2D eigenvalue weighted by atomic mass is 9.89. The van der Waals surface area contributed by atoms with Crippen molar-refractivity contribution in [2.24, 2.45) is 0 Å². The Morgan fingerprint density at radius 1 is 0.772 bits per heavy atom. The number of aliphatic hydroxyl groups excluding tert-OH is 6. The van der Waals surface area contributed by atoms with Gasteiger partial charge in [0.15, 0.2) is 34.7 Å². The maximum Gasteiger partial charge on any atom is 0.330 e. The molecule has 4 aromatic rings. The van der Waals surface area contributed by atoms with Crippen LogP contribution in [0.3, 0.4) is 0 Å². The minimum Gasteiger partial charge on any atom is -0.507 e. The number of aliphatic hydroxyl groups is 6. The second kappa shape index (κ2) is 16.9. The van der Waals surface area contributed by atoms with Gasteiger partial charge in [-0.1, -0.05) is 6.07 Å². The van der Waals surface area contributed by atoms with E-state index in [0.717, 1.165) is 18.2 Å². The molecule has 3 aromatic carbocycles. The normalized spacial score (nSPS) is 27.7. The maximum absolute atomic E-state index is 13.5. The summed E-state index contributed by atoms with van der Waals surface area (Å²) >= 11 is 0. The van der Waals surface area contributed by atoms with E-state index < -0.39 is 108 Å². The molecule has 0 spiro atoms. The van der Waals surface area contributed by atoms with Crippen molar-refractivity contribution in [3.8, 4) is 45.8 Å². The van der Waals surface area contributed by atoms with Crippen molar-refractivity contribution >= 4 is 23.0 Å². The Balaban J connectivity index is 1.27. The highest BCUT2D eigenvalue weighted by molar-refractivity contribution is 5.88. The van der Waals surface area contributed by atoms with E-state index in [1.165, 1.54) is 56.7 Å². The fourth-order valence-electron chi connectivity index (χ4n) is 6.53. The number of esters is 1. The molecule has 0 unspecified atom stereocenters. The highest BCUT2D eigenvalue weighted by atomic mass is 16.7. The number of benzene rings is 3. The number of ether oxygens (including phenoxy) is 6. The number of fused-ring (bicyclic) bond motifs is 1. The first kappa shape index (κ1) is 41.2. The van der Waals surface area contributed by atoms with Crippen LogP contribution in [0.1, 0.15) is 17.2 Å². The molecule has 6 rings (SSSR count). The Labute approximate surface area is 321 Å². The van der Waals surface area contributed by atoms with Crippen molar-refractivity contribution in [2.75, 3.05) is 27.4 Å². The second-order valence-electron chi connectivity index (χ2n) is 13.2. The minimum atomic E-state index is -2.04. The Hall–Kier alpha value is -5.48. The lowest BCUT2D eigenvalue weighted by Crippen LogP contribution is -2.63. The highest BCUT2D eigenvalue weighted by Gasteiger charge is 2.52. The number of carbonyl (C=O) groups excluding carboxylic acids is 1. The third-order valence-corrected chi connectivity index (χ3v) is 9.59. The number of rotatable bonds is 11. The van der Waals surface area contributed by atoms with E-state index in [9.17, 15) is 60.7 Å². The topological polar surface area (TPSA) is 305 Å². The SMILES string of the molecule is COc1cc(/C=C/C(=O)OC[C@H]2O[C@H](O[C@@H]3[C@@H](O)[C@H](O)[C@@H](CO)O[C@H]3c3c(O)cc4oc(-c5ccc(O)c(OC)c5)cc(=O)c4c3O)[C@H](O)[C@@H](O)[C@@H]2O)ccc1O. The Kier molecular flexibility index (Phi) is 12.2. The van der Waals surface area contributed by atoms with Crippen LogP contribution in [0.5, 0.6) is 34.5 Å². The molecule has 2 aliphatic heterocycles. The smallest absolute Gasteiger partial charge is 0.330 e. The molecule has 2 saturated heterocycles. The first-order valence-corrected chi connectivity index (χ1v) is 17.3. The second-order valence-corrected chi connectivity index (χ2v) is 13.2. The lowest BCUT2D eigenvalue weighted by Gasteiger charge is -2.46. The van der Waals surface area contributed by atoms with E-state index in [-0.39, 0.29) is 39.9 Å². The molecule has 306 valence electrons. The number of phenols is 4. The van der Waals surface area contributed by atoms with Crippen LogP contribution in [0.4, 0.5) is 0 Å². The molecular weight excluding hydrogens is 760 g/mol. The van der Waals surface area contributed by atoms with Crippen molar-refractivity contribution < 1.29 is 88.7 Å². The zero-order valence-electron chi connectivity index (χ0n) is 30.1. The standard InChI is InChI=1S/C38H40O19/c1-51-22-9-15(3-6-17(22)40)4-8-27(44)53-14-26-31(46)33(48)35(50)38(56-26)57-37-34(49)30(45)25(13-39)55-36(37)29-20(43)12-24-28(32(29)47)19(42)11-21(54-24)16-5-7-18(41)23(10-16)52-2/h3-12,25-26,30-31,33-41,43,45-50H,13-14H2,1-2H3/b8-4+/t25-,26-,30-,31-,33+,34+,35-,36+,37-,38-/m1/s1. The van der Waals surface area contributed by atoms with Gasteiger partial charge < -0.3 is 83.9 Å². The van der Waals surface area contributed by atoms with Gasteiger partial charge in [-0.25, -0.2) is 4.79 Å². The monoisotopic (exact) mass is 800 g/mol. The van der Waals surface area contributed by atoms with E-state index >= 15 is 0 Å². The van der Waals surface area contributed by atoms with E-state index in [2.05, 4.69) is 0 Å². The molecule has 19 nitrogen and oxygen atoms in total. The summed E-state index contributed by atoms with van der Waals surface area (Å²) in [5, 5.41) is 106. The molecule has 0 aliphatic carbocycles. The summed E-state index contributed by atoms with van der Waals surface area (Å²) in [5.41, 5.74) is -0.952. The molecular formula is C38H40O19. The zero-order valence-corrected chi connectivity index (χ0v) is 30.1. The number of hydrogen-bond donors (Lipinski definition) is 10. The maximum atomic E-state index is 13.5. The van der Waals surface area contributed by atoms with Gasteiger partial charge in [-0.2, -0.15) is 0 Å². The highest BCUT2D eigenvalue weighted by Crippen LogP contribution is 2.46. The molecule has 10 N–H and O–H groups in total. The molecule has 57 heavy (non-hydrogen) atoms. The fraction of sp³-hybridized carbons (Fsp3) is 0.368. The van der Waals surface area contributed by atoms with Crippen molar-refractivity contribution in [3.63, 3.8) is 0 Å². The largest absolute Gasteiger partial charge is 0.507 e. The molecule has 2 aliphatic rings. The van der Waals surface area contributed by atoms with Gasteiger partial charge in [-0.15, -0.1) is 0 Å². The summed E-state index contributed by atoms with van der Waals surface area (Å²) in [7, 11) is 2.66. The van der Waals surface area contributed by atoms with Gasteiger partial charge in [0.2, 0.25) is 0 Å². The Morgan fingerprint density at radius 3 is 2.12 bits per heavy atom. The van der Waals surface area contributed by atoms with Crippen LogP contribution in [0.25, 0.3) is 28.4 Å². The van der Waals surface area contributed by atoms with Gasteiger partial charge in [-0.05, 0) is 42.0 Å². The number of hydrogen-bond acceptors (Lipinski definition) is 19. The first-order valence-electron chi connectivity index (χ1n) is 17.3. The van der Waals surface area contributed by atoms with E-state index in [1.54, 1.807) is 0 Å². The van der Waals surface area contributed by atoms with E-state index in [1.807, 2.05) is 0 Å². The van der Waals surface area contributed by atoms with Crippen LogP contribution >= 0.6 is 0 Å². The molecule has 0 bridgehead atoms. The molecule has 3 heterocycles. The van der Waals surface area contributed by atoms with Gasteiger partial charge in [0.1, 0.15) is 89.8 Å². The molecule has 0 saturated carbocycles. The Morgan fingerprint density at radius 2 is 1.44 bits per heavy atom. The number of carbonyl (C=O) groups is 1. The van der Waals surface area contributed by atoms with Gasteiger partial charge in [-0.3, -0.25) is 4.79 Å². The summed E-state index contributed by atoms with van der Waals surface area (Å²) in [5.74, 6) is -2.73. The van der Waals surface area contributed by atoms with Crippen molar-refractivity contribution in [2.45, 2.75) is 61.2 Å². The van der Waals surface area contributed by atoms with Gasteiger partial charge >= 0.3 is 5.97 Å². The summed E-state index contributed by atoms with van der Waals surface area (Å²) in [6.45, 7) is -1.58. The molecule has 1 aromatic heterocycles. The van der Waals surface area contributed by atoms with E-state index in [4.69, 9.17) is 32.8 Å². The quantitative estimate of drug-likeness (QED) is 0.0700. The molecule has 2 fully saturated rings. The van der Waals surface area contributed by atoms with Gasteiger partial charge in [0, 0.05) is 23.8 Å². The number of aromatic hydroxyl groups is 4. The van der Waals surface area contributed by atoms with Crippen LogP contribution in [0.2, 0.25) is 0 Å². The predicted octanol–water partition coefficient (Wildman–Crippen LogP) is -0.0970. The van der Waals surface area contributed by atoms with Gasteiger partial charge in [0.05, 0.1) is 26.4 Å².